The quantitative estimate of drug-likeness (QED) is 0.167. The van der Waals surface area contributed by atoms with Crippen LogP contribution in [0.15, 0.2) is 174 Å². The Hall–Kier alpha value is -6.38. The molecular formula is C60H49NO. The second-order valence-electron chi connectivity index (χ2n) is 19.3. The summed E-state index contributed by atoms with van der Waals surface area (Å²) >= 11 is 0. The van der Waals surface area contributed by atoms with E-state index >= 15 is 0 Å². The van der Waals surface area contributed by atoms with Crippen LogP contribution in [0.4, 0.5) is 17.1 Å². The number of rotatable bonds is 6. The Morgan fingerprint density at radius 3 is 1.90 bits per heavy atom. The maximum absolute atomic E-state index is 6.63. The molecule has 1 heterocycles. The van der Waals surface area contributed by atoms with Crippen molar-refractivity contribution in [1.82, 2.24) is 0 Å². The zero-order valence-corrected chi connectivity index (χ0v) is 35.1. The lowest BCUT2D eigenvalue weighted by Gasteiger charge is -2.37. The molecule has 4 atom stereocenters. The van der Waals surface area contributed by atoms with Crippen LogP contribution in [0.1, 0.15) is 74.0 Å². The smallest absolute Gasteiger partial charge is 0.137 e. The molecule has 0 radical (unpaired) electrons. The molecule has 15 rings (SSSR count). The van der Waals surface area contributed by atoms with Crippen LogP contribution in [0, 0.1) is 23.7 Å². The van der Waals surface area contributed by atoms with Gasteiger partial charge in [0.05, 0.1) is 22.4 Å². The Bertz CT molecular complexity index is 3250. The van der Waals surface area contributed by atoms with Crippen molar-refractivity contribution in [3.8, 4) is 33.4 Å². The van der Waals surface area contributed by atoms with E-state index in [1.54, 1.807) is 11.1 Å². The van der Waals surface area contributed by atoms with Gasteiger partial charge in [0.25, 0.3) is 0 Å². The maximum Gasteiger partial charge on any atom is 0.137 e. The maximum atomic E-state index is 6.63. The van der Waals surface area contributed by atoms with Gasteiger partial charge in [0.2, 0.25) is 0 Å². The molecule has 0 saturated heterocycles. The summed E-state index contributed by atoms with van der Waals surface area (Å²) < 4.78 is 6.63. The van der Waals surface area contributed by atoms with E-state index in [2.05, 4.69) is 175 Å². The Kier molecular flexibility index (Phi) is 7.57. The van der Waals surface area contributed by atoms with Crippen LogP contribution < -0.4 is 4.90 Å². The first-order chi connectivity index (χ1) is 30.8. The van der Waals surface area contributed by atoms with Crippen LogP contribution in [-0.2, 0) is 5.41 Å². The highest BCUT2D eigenvalue weighted by atomic mass is 16.3. The number of hydrogen-bond donors (Lipinski definition) is 0. The highest BCUT2D eigenvalue weighted by Crippen LogP contribution is 2.77. The predicted molar refractivity (Wildman–Crippen MR) is 257 cm³/mol. The fourth-order valence-corrected chi connectivity index (χ4v) is 14.5. The molecule has 62 heavy (non-hydrogen) atoms. The minimum atomic E-state index is 0.141. The summed E-state index contributed by atoms with van der Waals surface area (Å²) in [5, 5.41) is 5.00. The molecule has 1 aromatic heterocycles. The van der Waals surface area contributed by atoms with Crippen molar-refractivity contribution in [3.63, 3.8) is 0 Å². The van der Waals surface area contributed by atoms with Gasteiger partial charge in [-0.05, 0) is 148 Å². The first kappa shape index (κ1) is 35.2. The second-order valence-corrected chi connectivity index (χ2v) is 19.3. The topological polar surface area (TPSA) is 16.4 Å². The fraction of sp³-hybridized carbons (Fsp3) is 0.233. The molecule has 5 saturated carbocycles. The molecule has 2 nitrogen and oxygen atoms in total. The van der Waals surface area contributed by atoms with E-state index in [9.17, 15) is 0 Å². The van der Waals surface area contributed by atoms with Gasteiger partial charge < -0.3 is 9.32 Å². The lowest BCUT2D eigenvalue weighted by Crippen LogP contribution is -2.34. The Morgan fingerprint density at radius 2 is 1.08 bits per heavy atom. The Morgan fingerprint density at radius 1 is 0.452 bits per heavy atom. The van der Waals surface area contributed by atoms with Gasteiger partial charge in [-0.25, -0.2) is 0 Å². The van der Waals surface area contributed by atoms with Gasteiger partial charge in [-0.2, -0.15) is 0 Å². The summed E-state index contributed by atoms with van der Waals surface area (Å²) in [5.41, 5.74) is 18.1. The van der Waals surface area contributed by atoms with Gasteiger partial charge in [0, 0.05) is 21.9 Å². The van der Waals surface area contributed by atoms with Crippen molar-refractivity contribution in [3.05, 3.63) is 187 Å². The minimum absolute atomic E-state index is 0.141. The summed E-state index contributed by atoms with van der Waals surface area (Å²) in [7, 11) is 0. The van der Waals surface area contributed by atoms with E-state index in [1.165, 1.54) is 112 Å². The van der Waals surface area contributed by atoms with Crippen LogP contribution in [0.25, 0.3) is 66.1 Å². The molecule has 1 spiro atoms. The highest BCUT2D eigenvalue weighted by Gasteiger charge is 2.70. The summed E-state index contributed by atoms with van der Waals surface area (Å²) in [6.07, 6.45) is 10.7. The standard InChI is InChI=1S/C60H49NO/c1-2-15-37(16-3-1)43-23-12-17-38-18-13-24-47(58(38)43)46-21-6-10-27-54(46)61(55-28-14-30-57-59(55)48-22-7-11-29-56(48)62-57)53-26-9-5-19-42(53)39-31-32-45-44-20-4-8-25-49(44)60(52(45)34-39)50-35-40-33-41(50)36-51(40)60/h4-14,17-32,34,37,40-41,50-51H,1-3,15-16,33,35-36H2. The summed E-state index contributed by atoms with van der Waals surface area (Å²) in [6, 6.07) is 64.5. The van der Waals surface area contributed by atoms with Crippen LogP contribution in [0.3, 0.4) is 0 Å². The summed E-state index contributed by atoms with van der Waals surface area (Å²) in [4.78, 5) is 2.57. The van der Waals surface area contributed by atoms with Crippen molar-refractivity contribution >= 4 is 49.8 Å². The number of anilines is 3. The molecule has 0 N–H and O–H groups in total. The number of benzene rings is 8. The van der Waals surface area contributed by atoms with Gasteiger partial charge in [0.1, 0.15) is 11.2 Å². The van der Waals surface area contributed by atoms with Gasteiger partial charge in [-0.15, -0.1) is 0 Å². The zero-order chi connectivity index (χ0) is 40.5. The molecular weight excluding hydrogens is 751 g/mol. The third-order valence-corrected chi connectivity index (χ3v) is 16.6. The molecule has 4 bridgehead atoms. The number of furan rings is 1. The van der Waals surface area contributed by atoms with E-state index in [1.807, 2.05) is 0 Å². The van der Waals surface area contributed by atoms with Gasteiger partial charge in [-0.3, -0.25) is 0 Å². The molecule has 5 fully saturated rings. The monoisotopic (exact) mass is 799 g/mol. The van der Waals surface area contributed by atoms with Crippen molar-refractivity contribution in [2.45, 2.75) is 62.7 Å². The highest BCUT2D eigenvalue weighted by molar-refractivity contribution is 6.15. The molecule has 4 unspecified atom stereocenters. The van der Waals surface area contributed by atoms with Crippen molar-refractivity contribution in [1.29, 1.82) is 0 Å². The molecule has 6 aliphatic rings. The van der Waals surface area contributed by atoms with Crippen molar-refractivity contribution in [2.75, 3.05) is 4.90 Å². The van der Waals surface area contributed by atoms with Gasteiger partial charge in [-0.1, -0.05) is 153 Å². The minimum Gasteiger partial charge on any atom is -0.456 e. The molecule has 6 aliphatic carbocycles. The van der Waals surface area contributed by atoms with Crippen LogP contribution in [0.5, 0.6) is 0 Å². The summed E-state index contributed by atoms with van der Waals surface area (Å²) in [5.74, 6) is 3.81. The van der Waals surface area contributed by atoms with Crippen molar-refractivity contribution < 1.29 is 4.42 Å². The SMILES string of the molecule is c1ccc(N(c2ccccc2-c2cccc3cccc(C4CCCCC4)c23)c2cccc3oc4ccccc4c23)c(-c2ccc3c(c2)C2(c4ccccc4-3)C3CC4CC3CC42)c1. The molecule has 0 aliphatic heterocycles. The zero-order valence-electron chi connectivity index (χ0n) is 35.1. The fourth-order valence-electron chi connectivity index (χ4n) is 14.5. The lowest BCUT2D eigenvalue weighted by atomic mass is 9.66. The normalized spacial score (nSPS) is 23.3. The third-order valence-electron chi connectivity index (χ3n) is 16.6. The number of nitrogens with zero attached hydrogens (tertiary/aromatic N) is 1. The summed E-state index contributed by atoms with van der Waals surface area (Å²) in [6.45, 7) is 0. The van der Waals surface area contributed by atoms with E-state index in [-0.39, 0.29) is 5.41 Å². The molecule has 0 amide bonds. The molecule has 8 aromatic carbocycles. The van der Waals surface area contributed by atoms with E-state index in [0.29, 0.717) is 5.92 Å². The van der Waals surface area contributed by atoms with Crippen molar-refractivity contribution in [2.24, 2.45) is 23.7 Å². The lowest BCUT2D eigenvalue weighted by molar-refractivity contribution is 0.307. The molecule has 2 heteroatoms. The largest absolute Gasteiger partial charge is 0.456 e. The van der Waals surface area contributed by atoms with Gasteiger partial charge in [0.15, 0.2) is 0 Å². The first-order valence-corrected chi connectivity index (χ1v) is 23.4. The first-order valence-electron chi connectivity index (χ1n) is 23.4. The van der Waals surface area contributed by atoms with E-state index in [0.717, 1.165) is 51.3 Å². The average Bonchev–Trinajstić information content (AvgIpc) is 4.19. The van der Waals surface area contributed by atoms with E-state index < -0.39 is 0 Å². The molecule has 9 aromatic rings. The third kappa shape index (κ3) is 4.76. The van der Waals surface area contributed by atoms with Crippen LogP contribution in [-0.4, -0.2) is 0 Å². The number of hydrogen-bond acceptors (Lipinski definition) is 2. The average molecular weight is 800 g/mol. The number of fused-ring (bicyclic) bond motifs is 7. The van der Waals surface area contributed by atoms with Gasteiger partial charge >= 0.3 is 0 Å². The predicted octanol–water partition coefficient (Wildman–Crippen LogP) is 16.5. The van der Waals surface area contributed by atoms with E-state index in [4.69, 9.17) is 4.42 Å². The molecule has 300 valence electrons. The number of para-hydroxylation sites is 3. The second kappa shape index (κ2) is 13.3. The van der Waals surface area contributed by atoms with Crippen LogP contribution >= 0.6 is 0 Å². The van der Waals surface area contributed by atoms with Crippen LogP contribution in [0.2, 0.25) is 0 Å². The Labute approximate surface area is 363 Å². The Balaban J connectivity index is 1.02.